The van der Waals surface area contributed by atoms with Gasteiger partial charge in [-0.1, -0.05) is 0 Å². The number of likely N-dealkylation sites (N-methyl/N-ethyl adjacent to an activating group) is 1. The number of rotatable bonds is 3. The number of amides is 1. The Bertz CT molecular complexity index is 357. The van der Waals surface area contributed by atoms with E-state index in [1.807, 2.05) is 0 Å². The first-order valence-electron chi connectivity index (χ1n) is 3.97. The molecule has 74 valence electrons. The Morgan fingerprint density at radius 3 is 2.71 bits per heavy atom. The lowest BCUT2D eigenvalue weighted by atomic mass is 10.4. The van der Waals surface area contributed by atoms with Crippen LogP contribution >= 0.6 is 11.3 Å². The van der Waals surface area contributed by atoms with Gasteiger partial charge in [0.25, 0.3) is 5.91 Å². The first-order valence-corrected chi connectivity index (χ1v) is 4.85. The second-order valence-electron chi connectivity index (χ2n) is 2.66. The van der Waals surface area contributed by atoms with E-state index < -0.39 is 0 Å². The molecule has 1 rings (SSSR count). The summed E-state index contributed by atoms with van der Waals surface area (Å²) in [6, 6.07) is 0. The van der Waals surface area contributed by atoms with E-state index in [4.69, 9.17) is 0 Å². The molecule has 5 heteroatoms. The average Bonchev–Trinajstić information content (AvgIpc) is 2.65. The summed E-state index contributed by atoms with van der Waals surface area (Å²) in [6.45, 7) is 1.40. The van der Waals surface area contributed by atoms with Crippen LogP contribution in [0, 0.1) is 0 Å². The summed E-state index contributed by atoms with van der Waals surface area (Å²) < 4.78 is 0. The van der Waals surface area contributed by atoms with Crippen LogP contribution in [0.5, 0.6) is 0 Å². The van der Waals surface area contributed by atoms with Gasteiger partial charge >= 0.3 is 0 Å². The zero-order valence-corrected chi connectivity index (χ0v) is 8.75. The molecular weight excluding hydrogens is 200 g/mol. The number of nitrogens with zero attached hydrogens (tertiary/aromatic N) is 2. The first kappa shape index (κ1) is 10.6. The Morgan fingerprint density at radius 1 is 1.50 bits per heavy atom. The molecule has 0 saturated heterocycles. The van der Waals surface area contributed by atoms with Gasteiger partial charge < -0.3 is 0 Å². The minimum absolute atomic E-state index is 0.147. The molecule has 0 aromatic carbocycles. The van der Waals surface area contributed by atoms with Gasteiger partial charge in [-0.05, 0) is 13.0 Å². The summed E-state index contributed by atoms with van der Waals surface area (Å²) in [4.78, 5) is 27.3. The summed E-state index contributed by atoms with van der Waals surface area (Å²) in [5.74, 6) is -0.402. The number of aromatic nitrogens is 1. The van der Waals surface area contributed by atoms with Crippen molar-refractivity contribution in [1.29, 1.82) is 0 Å². The third kappa shape index (κ3) is 2.77. The van der Waals surface area contributed by atoms with E-state index in [1.165, 1.54) is 35.3 Å². The number of anilines is 1. The van der Waals surface area contributed by atoms with Crippen LogP contribution in [0.1, 0.15) is 6.92 Å². The lowest BCUT2D eigenvalue weighted by Crippen LogP contribution is -2.23. The van der Waals surface area contributed by atoms with Gasteiger partial charge in [-0.15, -0.1) is 11.3 Å². The van der Waals surface area contributed by atoms with E-state index >= 15 is 0 Å². The fraction of sp³-hybridized carbons (Fsp3) is 0.222. The predicted molar refractivity (Wildman–Crippen MR) is 55.3 cm³/mol. The maximum atomic E-state index is 11.4. The molecule has 1 amide bonds. The monoisotopic (exact) mass is 210 g/mol. The van der Waals surface area contributed by atoms with E-state index in [0.29, 0.717) is 5.13 Å². The molecule has 0 bridgehead atoms. The Labute approximate surface area is 85.9 Å². The molecule has 0 fully saturated rings. The number of hydrogen-bond acceptors (Lipinski definition) is 4. The second kappa shape index (κ2) is 4.66. The third-order valence-electron chi connectivity index (χ3n) is 1.50. The van der Waals surface area contributed by atoms with Crippen LogP contribution in [0.3, 0.4) is 0 Å². The van der Waals surface area contributed by atoms with Crippen molar-refractivity contribution in [2.75, 3.05) is 11.9 Å². The van der Waals surface area contributed by atoms with Crippen molar-refractivity contribution >= 4 is 28.2 Å². The molecule has 14 heavy (non-hydrogen) atoms. The Balaban J connectivity index is 2.67. The zero-order valence-electron chi connectivity index (χ0n) is 7.93. The number of carbonyl (C=O) groups excluding carboxylic acids is 2. The number of carbonyl (C=O) groups is 2. The summed E-state index contributed by atoms with van der Waals surface area (Å²) in [5.41, 5.74) is 0. The first-order chi connectivity index (χ1) is 6.61. The van der Waals surface area contributed by atoms with Crippen molar-refractivity contribution < 1.29 is 9.59 Å². The van der Waals surface area contributed by atoms with Crippen molar-refractivity contribution in [3.8, 4) is 0 Å². The van der Waals surface area contributed by atoms with Crippen LogP contribution in [-0.4, -0.2) is 23.7 Å². The van der Waals surface area contributed by atoms with Gasteiger partial charge in [0.15, 0.2) is 10.9 Å². The number of thiazole rings is 1. The summed E-state index contributed by atoms with van der Waals surface area (Å²) >= 11 is 1.37. The van der Waals surface area contributed by atoms with Crippen LogP contribution in [0.4, 0.5) is 5.13 Å². The van der Waals surface area contributed by atoms with Crippen molar-refractivity contribution in [1.82, 2.24) is 4.98 Å². The Morgan fingerprint density at radius 2 is 2.21 bits per heavy atom. The van der Waals surface area contributed by atoms with E-state index in [0.717, 1.165) is 0 Å². The van der Waals surface area contributed by atoms with Gasteiger partial charge in [-0.2, -0.15) is 0 Å². The smallest absolute Gasteiger partial charge is 0.252 e. The van der Waals surface area contributed by atoms with Crippen LogP contribution in [0.2, 0.25) is 0 Å². The van der Waals surface area contributed by atoms with Gasteiger partial charge in [0.2, 0.25) is 0 Å². The largest absolute Gasteiger partial charge is 0.295 e. The van der Waals surface area contributed by atoms with Crippen LogP contribution in [-0.2, 0) is 9.59 Å². The van der Waals surface area contributed by atoms with E-state index in [2.05, 4.69) is 4.98 Å². The molecule has 0 N–H and O–H groups in total. The number of ketones is 1. The van der Waals surface area contributed by atoms with Gasteiger partial charge in [0, 0.05) is 24.7 Å². The molecule has 1 aromatic rings. The molecule has 1 aromatic heterocycles. The Kier molecular flexibility index (Phi) is 3.53. The summed E-state index contributed by atoms with van der Waals surface area (Å²) in [5, 5.41) is 2.40. The van der Waals surface area contributed by atoms with Gasteiger partial charge in [0.1, 0.15) is 0 Å². The van der Waals surface area contributed by atoms with Gasteiger partial charge in [-0.25, -0.2) is 4.98 Å². The average molecular weight is 210 g/mol. The lowest BCUT2D eigenvalue weighted by molar-refractivity contribution is -0.115. The maximum absolute atomic E-state index is 11.4. The second-order valence-corrected chi connectivity index (χ2v) is 3.53. The van der Waals surface area contributed by atoms with Gasteiger partial charge in [-0.3, -0.25) is 14.5 Å². The molecule has 0 aliphatic rings. The molecule has 1 heterocycles. The van der Waals surface area contributed by atoms with Gasteiger partial charge in [0.05, 0.1) is 0 Å². The van der Waals surface area contributed by atoms with Crippen molar-refractivity contribution in [2.24, 2.45) is 0 Å². The van der Waals surface area contributed by atoms with Crippen LogP contribution in [0.15, 0.2) is 23.7 Å². The third-order valence-corrected chi connectivity index (χ3v) is 2.35. The van der Waals surface area contributed by atoms with Crippen molar-refractivity contribution in [3.63, 3.8) is 0 Å². The maximum Gasteiger partial charge on any atom is 0.252 e. The molecule has 0 spiro atoms. The predicted octanol–water partition coefficient (Wildman–Crippen LogP) is 1.25. The standard InChI is InChI=1S/C9H10N2O2S/c1-7(12)3-4-8(13)11(2)9-10-5-6-14-9/h3-6H,1-2H3/b4-3+. The molecule has 0 saturated carbocycles. The molecule has 0 radical (unpaired) electrons. The summed E-state index contributed by atoms with van der Waals surface area (Å²) in [7, 11) is 1.62. The topological polar surface area (TPSA) is 50.3 Å². The Hall–Kier alpha value is -1.49. The molecule has 0 unspecified atom stereocenters. The van der Waals surface area contributed by atoms with Crippen LogP contribution < -0.4 is 4.90 Å². The molecule has 4 nitrogen and oxygen atoms in total. The summed E-state index contributed by atoms with van der Waals surface area (Å²) in [6.07, 6.45) is 4.11. The minimum atomic E-state index is -0.254. The number of allylic oxidation sites excluding steroid dienone is 1. The number of hydrogen-bond donors (Lipinski definition) is 0. The van der Waals surface area contributed by atoms with Crippen molar-refractivity contribution in [2.45, 2.75) is 6.92 Å². The van der Waals surface area contributed by atoms with Crippen LogP contribution in [0.25, 0.3) is 0 Å². The highest BCUT2D eigenvalue weighted by molar-refractivity contribution is 7.13. The normalized spacial score (nSPS) is 10.4. The molecule has 0 aliphatic heterocycles. The highest BCUT2D eigenvalue weighted by Gasteiger charge is 2.09. The quantitative estimate of drug-likeness (QED) is 0.705. The van der Waals surface area contributed by atoms with E-state index in [9.17, 15) is 9.59 Å². The minimum Gasteiger partial charge on any atom is -0.295 e. The highest BCUT2D eigenvalue weighted by Crippen LogP contribution is 2.15. The molecule has 0 aliphatic carbocycles. The van der Waals surface area contributed by atoms with E-state index in [1.54, 1.807) is 18.6 Å². The molecule has 0 atom stereocenters. The fourth-order valence-electron chi connectivity index (χ4n) is 0.776. The molecular formula is C9H10N2O2S. The van der Waals surface area contributed by atoms with E-state index in [-0.39, 0.29) is 11.7 Å². The van der Waals surface area contributed by atoms with Crippen molar-refractivity contribution in [3.05, 3.63) is 23.7 Å². The zero-order chi connectivity index (χ0) is 10.6. The highest BCUT2D eigenvalue weighted by atomic mass is 32.1. The fourth-order valence-corrected chi connectivity index (χ4v) is 1.39. The lowest BCUT2D eigenvalue weighted by Gasteiger charge is -2.09. The SMILES string of the molecule is CC(=O)/C=C/C(=O)N(C)c1nccs1.